The molecule has 6 heteroatoms. The van der Waals surface area contributed by atoms with E-state index in [0.29, 0.717) is 17.9 Å². The quantitative estimate of drug-likeness (QED) is 0.815. The van der Waals surface area contributed by atoms with Gasteiger partial charge in [-0.1, -0.05) is 0 Å². The lowest BCUT2D eigenvalue weighted by atomic mass is 10.1. The van der Waals surface area contributed by atoms with Crippen molar-refractivity contribution in [1.82, 2.24) is 5.48 Å². The maximum absolute atomic E-state index is 12.0. The van der Waals surface area contributed by atoms with Crippen LogP contribution in [-0.2, 0) is 9.63 Å². The average Bonchev–Trinajstić information content (AvgIpc) is 2.94. The van der Waals surface area contributed by atoms with E-state index in [1.54, 1.807) is 19.1 Å². The highest BCUT2D eigenvalue weighted by Crippen LogP contribution is 2.37. The fourth-order valence-electron chi connectivity index (χ4n) is 2.77. The number of carbonyl (C=O) groups excluding carboxylic acids is 2. The van der Waals surface area contributed by atoms with Gasteiger partial charge in [0.2, 0.25) is 5.91 Å². The maximum Gasteiger partial charge on any atom is 0.274 e. The third kappa shape index (κ3) is 2.12. The first-order valence-corrected chi connectivity index (χ1v) is 6.84. The highest BCUT2D eigenvalue weighted by Gasteiger charge is 2.36. The third-order valence-electron chi connectivity index (χ3n) is 3.69. The van der Waals surface area contributed by atoms with Crippen molar-refractivity contribution in [3.8, 4) is 0 Å². The highest BCUT2D eigenvalue weighted by molar-refractivity contribution is 6.06. The van der Waals surface area contributed by atoms with E-state index in [9.17, 15) is 9.59 Å². The molecule has 1 atom stereocenters. The zero-order valence-corrected chi connectivity index (χ0v) is 11.3. The van der Waals surface area contributed by atoms with E-state index in [2.05, 4.69) is 15.7 Å². The second-order valence-electron chi connectivity index (χ2n) is 4.94. The number of anilines is 2. The zero-order chi connectivity index (χ0) is 14.1. The van der Waals surface area contributed by atoms with Crippen LogP contribution in [0.2, 0.25) is 0 Å². The van der Waals surface area contributed by atoms with Crippen molar-refractivity contribution in [3.05, 3.63) is 23.8 Å². The number of nitrogens with zero attached hydrogens (tertiary/aromatic N) is 1. The number of amides is 2. The molecule has 1 aromatic carbocycles. The van der Waals surface area contributed by atoms with Crippen LogP contribution >= 0.6 is 0 Å². The van der Waals surface area contributed by atoms with Gasteiger partial charge < -0.3 is 10.2 Å². The molecule has 3 rings (SSSR count). The second kappa shape index (κ2) is 5.13. The number of hydrogen-bond donors (Lipinski definition) is 2. The van der Waals surface area contributed by atoms with Gasteiger partial charge >= 0.3 is 0 Å². The Morgan fingerprint density at radius 3 is 3.20 bits per heavy atom. The first-order valence-electron chi connectivity index (χ1n) is 6.84. The number of benzene rings is 1. The Balaban J connectivity index is 1.88. The van der Waals surface area contributed by atoms with Gasteiger partial charge in [0.25, 0.3) is 5.91 Å². The van der Waals surface area contributed by atoms with Crippen LogP contribution in [0.1, 0.15) is 30.1 Å². The smallest absolute Gasteiger partial charge is 0.274 e. The van der Waals surface area contributed by atoms with Crippen LogP contribution in [0.5, 0.6) is 0 Å². The summed E-state index contributed by atoms with van der Waals surface area (Å²) < 4.78 is 0. The Labute approximate surface area is 117 Å². The van der Waals surface area contributed by atoms with Crippen molar-refractivity contribution in [2.45, 2.75) is 25.8 Å². The van der Waals surface area contributed by atoms with Crippen LogP contribution in [0.25, 0.3) is 0 Å². The summed E-state index contributed by atoms with van der Waals surface area (Å²) in [5.74, 6) is -0.301. The lowest BCUT2D eigenvalue weighted by Gasteiger charge is -2.33. The Hall–Kier alpha value is -2.08. The topological polar surface area (TPSA) is 70.7 Å². The normalized spacial score (nSPS) is 20.1. The summed E-state index contributed by atoms with van der Waals surface area (Å²) in [7, 11) is 0. The highest BCUT2D eigenvalue weighted by atomic mass is 16.6. The van der Waals surface area contributed by atoms with Gasteiger partial charge in [-0.05, 0) is 38.0 Å². The van der Waals surface area contributed by atoms with Gasteiger partial charge in [0.15, 0.2) is 0 Å². The molecule has 0 spiro atoms. The molecule has 2 N–H and O–H groups in total. The van der Waals surface area contributed by atoms with Gasteiger partial charge in [-0.2, -0.15) is 0 Å². The van der Waals surface area contributed by atoms with E-state index >= 15 is 0 Å². The predicted molar refractivity (Wildman–Crippen MR) is 74.5 cm³/mol. The van der Waals surface area contributed by atoms with Crippen molar-refractivity contribution < 1.29 is 14.4 Å². The minimum Gasteiger partial charge on any atom is -0.358 e. The maximum atomic E-state index is 12.0. The molecule has 0 bridgehead atoms. The van der Waals surface area contributed by atoms with Crippen LogP contribution < -0.4 is 15.7 Å². The van der Waals surface area contributed by atoms with Crippen molar-refractivity contribution in [2.24, 2.45) is 0 Å². The molecular weight excluding hydrogens is 258 g/mol. The molecular formula is C14H17N3O3. The van der Waals surface area contributed by atoms with Crippen molar-refractivity contribution in [3.63, 3.8) is 0 Å². The molecule has 20 heavy (non-hydrogen) atoms. The predicted octanol–water partition coefficient (Wildman–Crippen LogP) is 1.29. The van der Waals surface area contributed by atoms with Crippen LogP contribution in [0.4, 0.5) is 11.4 Å². The fourth-order valence-corrected chi connectivity index (χ4v) is 2.77. The first kappa shape index (κ1) is 12.9. The van der Waals surface area contributed by atoms with Crippen LogP contribution in [0, 0.1) is 0 Å². The van der Waals surface area contributed by atoms with Crippen LogP contribution in [0.15, 0.2) is 18.2 Å². The summed E-state index contributed by atoms with van der Waals surface area (Å²) in [5.41, 5.74) is 4.49. The monoisotopic (exact) mass is 275 g/mol. The van der Waals surface area contributed by atoms with Crippen LogP contribution in [-0.4, -0.2) is 31.0 Å². The number of rotatable bonds is 3. The second-order valence-corrected chi connectivity index (χ2v) is 4.94. The number of carbonyl (C=O) groups is 2. The van der Waals surface area contributed by atoms with Crippen molar-refractivity contribution in [2.75, 3.05) is 23.4 Å². The van der Waals surface area contributed by atoms with E-state index in [1.807, 2.05) is 6.07 Å². The molecule has 0 saturated carbocycles. The van der Waals surface area contributed by atoms with Crippen LogP contribution in [0.3, 0.4) is 0 Å². The molecule has 0 unspecified atom stereocenters. The molecule has 1 saturated heterocycles. The summed E-state index contributed by atoms with van der Waals surface area (Å²) in [6.07, 6.45) is 1.90. The van der Waals surface area contributed by atoms with Gasteiger partial charge in [-0.15, -0.1) is 0 Å². The van der Waals surface area contributed by atoms with Crippen molar-refractivity contribution in [1.29, 1.82) is 0 Å². The standard InChI is InChI=1S/C14H17N3O3/c1-2-20-16-13(18)9-5-6-11-10(8-9)15-14(19)12-4-3-7-17(11)12/h5-6,8,12H,2-4,7H2,1H3,(H,15,19)(H,16,18)/t12-/m0/s1. The van der Waals surface area contributed by atoms with Gasteiger partial charge in [0, 0.05) is 12.1 Å². The average molecular weight is 275 g/mol. The Morgan fingerprint density at radius 1 is 1.55 bits per heavy atom. The van der Waals surface area contributed by atoms with Gasteiger partial charge in [0.1, 0.15) is 6.04 Å². The summed E-state index contributed by atoms with van der Waals surface area (Å²) in [6.45, 7) is 3.08. The fraction of sp³-hybridized carbons (Fsp3) is 0.429. The Bertz CT molecular complexity index is 559. The molecule has 2 amide bonds. The van der Waals surface area contributed by atoms with Crippen molar-refractivity contribution >= 4 is 23.2 Å². The minimum atomic E-state index is -0.313. The summed E-state index contributed by atoms with van der Waals surface area (Å²) in [5, 5.41) is 2.88. The van der Waals surface area contributed by atoms with E-state index in [-0.39, 0.29) is 17.9 Å². The zero-order valence-electron chi connectivity index (χ0n) is 11.3. The third-order valence-corrected chi connectivity index (χ3v) is 3.69. The summed E-state index contributed by atoms with van der Waals surface area (Å²) >= 11 is 0. The molecule has 2 heterocycles. The molecule has 2 aliphatic heterocycles. The molecule has 6 nitrogen and oxygen atoms in total. The van der Waals surface area contributed by atoms with E-state index in [1.165, 1.54) is 0 Å². The molecule has 106 valence electrons. The number of nitrogens with one attached hydrogen (secondary N) is 2. The largest absolute Gasteiger partial charge is 0.358 e. The molecule has 0 aliphatic carbocycles. The number of hydrogen-bond acceptors (Lipinski definition) is 4. The Kier molecular flexibility index (Phi) is 3.31. The number of hydroxylamine groups is 1. The summed E-state index contributed by atoms with van der Waals surface area (Å²) in [4.78, 5) is 30.8. The van der Waals surface area contributed by atoms with E-state index < -0.39 is 0 Å². The van der Waals surface area contributed by atoms with E-state index in [0.717, 1.165) is 25.1 Å². The number of fused-ring (bicyclic) bond motifs is 3. The SMILES string of the molecule is CCONC(=O)c1ccc2c(c1)NC(=O)[C@@H]1CCCN21. The lowest BCUT2D eigenvalue weighted by molar-refractivity contribution is -0.117. The molecule has 1 fully saturated rings. The molecule has 0 radical (unpaired) electrons. The van der Waals surface area contributed by atoms with Gasteiger partial charge in [0.05, 0.1) is 18.0 Å². The summed E-state index contributed by atoms with van der Waals surface area (Å²) in [6, 6.07) is 5.26. The minimum absolute atomic E-state index is 0.0115. The first-order chi connectivity index (χ1) is 9.70. The Morgan fingerprint density at radius 2 is 2.40 bits per heavy atom. The van der Waals surface area contributed by atoms with Gasteiger partial charge in [-0.25, -0.2) is 5.48 Å². The lowest BCUT2D eigenvalue weighted by Crippen LogP contribution is -2.44. The molecule has 2 aliphatic rings. The molecule has 0 aromatic heterocycles. The van der Waals surface area contributed by atoms with E-state index in [4.69, 9.17) is 4.84 Å². The molecule has 1 aromatic rings. The van der Waals surface area contributed by atoms with Gasteiger partial charge in [-0.3, -0.25) is 14.4 Å².